The predicted octanol–water partition coefficient (Wildman–Crippen LogP) is 1.36. The van der Waals surface area contributed by atoms with Gasteiger partial charge in [-0.15, -0.1) is 6.58 Å². The molecular formula is C13H17N3O. The number of carbonyl (C=O) groups is 1. The zero-order valence-corrected chi connectivity index (χ0v) is 9.92. The van der Waals surface area contributed by atoms with Crippen LogP contribution in [0.2, 0.25) is 0 Å². The maximum Gasteiger partial charge on any atom is 0.231 e. The van der Waals surface area contributed by atoms with Crippen molar-refractivity contribution in [2.45, 2.75) is 13.3 Å². The van der Waals surface area contributed by atoms with Crippen LogP contribution in [-0.2, 0) is 11.2 Å². The van der Waals surface area contributed by atoms with Gasteiger partial charge in [0.1, 0.15) is 0 Å². The monoisotopic (exact) mass is 231 g/mol. The topological polar surface area (TPSA) is 65.0 Å². The van der Waals surface area contributed by atoms with Crippen LogP contribution in [0.3, 0.4) is 0 Å². The third kappa shape index (κ3) is 4.51. The van der Waals surface area contributed by atoms with Crippen LogP contribution in [0.4, 0.5) is 0 Å². The van der Waals surface area contributed by atoms with E-state index in [1.165, 1.54) is 0 Å². The van der Waals surface area contributed by atoms with E-state index < -0.39 is 0 Å². The molecule has 17 heavy (non-hydrogen) atoms. The molecule has 0 aliphatic heterocycles. The Morgan fingerprint density at radius 2 is 2.18 bits per heavy atom. The van der Waals surface area contributed by atoms with E-state index in [-0.39, 0.29) is 18.3 Å². The van der Waals surface area contributed by atoms with Gasteiger partial charge in [0.2, 0.25) is 5.91 Å². The van der Waals surface area contributed by atoms with Gasteiger partial charge >= 0.3 is 0 Å². The van der Waals surface area contributed by atoms with Crippen molar-refractivity contribution in [2.75, 3.05) is 6.54 Å². The number of benzene rings is 1. The van der Waals surface area contributed by atoms with Crippen molar-refractivity contribution < 1.29 is 4.79 Å². The van der Waals surface area contributed by atoms with E-state index in [1.807, 2.05) is 31.2 Å². The number of carbonyl (C=O) groups excluding carboxylic acids is 1. The normalized spacial score (nSPS) is 9.47. The van der Waals surface area contributed by atoms with Crippen molar-refractivity contribution in [3.05, 3.63) is 48.0 Å². The second kappa shape index (κ2) is 6.48. The number of guanidine groups is 1. The molecule has 3 N–H and O–H groups in total. The minimum atomic E-state index is -0.194. The van der Waals surface area contributed by atoms with Crippen LogP contribution >= 0.6 is 0 Å². The Kier molecular flexibility index (Phi) is 4.94. The molecule has 0 aliphatic carbocycles. The average molecular weight is 231 g/mol. The SMILES string of the molecule is C=CCNC(=N)NC(=O)Cc1ccccc1C. The smallest absolute Gasteiger partial charge is 0.231 e. The van der Waals surface area contributed by atoms with Crippen molar-refractivity contribution in [1.29, 1.82) is 5.41 Å². The summed E-state index contributed by atoms with van der Waals surface area (Å²) >= 11 is 0. The first-order valence-corrected chi connectivity index (χ1v) is 5.41. The lowest BCUT2D eigenvalue weighted by molar-refractivity contribution is -0.119. The zero-order chi connectivity index (χ0) is 12.7. The largest absolute Gasteiger partial charge is 0.353 e. The summed E-state index contributed by atoms with van der Waals surface area (Å²) in [5.74, 6) is -0.190. The van der Waals surface area contributed by atoms with Crippen LogP contribution in [0.15, 0.2) is 36.9 Å². The lowest BCUT2D eigenvalue weighted by atomic mass is 10.1. The zero-order valence-electron chi connectivity index (χ0n) is 9.92. The number of nitrogens with one attached hydrogen (secondary N) is 3. The Bertz CT molecular complexity index is 426. The fourth-order valence-corrected chi connectivity index (χ4v) is 1.38. The molecule has 0 radical (unpaired) electrons. The van der Waals surface area contributed by atoms with Crippen molar-refractivity contribution >= 4 is 11.9 Å². The van der Waals surface area contributed by atoms with Crippen LogP contribution in [-0.4, -0.2) is 18.4 Å². The summed E-state index contributed by atoms with van der Waals surface area (Å²) in [6, 6.07) is 7.71. The summed E-state index contributed by atoms with van der Waals surface area (Å²) < 4.78 is 0. The third-order valence-electron chi connectivity index (χ3n) is 2.30. The highest BCUT2D eigenvalue weighted by molar-refractivity contribution is 5.96. The van der Waals surface area contributed by atoms with E-state index in [2.05, 4.69) is 17.2 Å². The minimum Gasteiger partial charge on any atom is -0.353 e. The van der Waals surface area contributed by atoms with Crippen LogP contribution in [0.25, 0.3) is 0 Å². The van der Waals surface area contributed by atoms with Gasteiger partial charge in [0, 0.05) is 6.54 Å². The summed E-state index contributed by atoms with van der Waals surface area (Å²) in [6.07, 6.45) is 1.91. The van der Waals surface area contributed by atoms with Gasteiger partial charge in [-0.25, -0.2) is 0 Å². The fraction of sp³-hybridized carbons (Fsp3) is 0.231. The van der Waals surface area contributed by atoms with E-state index in [9.17, 15) is 4.79 Å². The molecule has 0 bridgehead atoms. The van der Waals surface area contributed by atoms with Crippen molar-refractivity contribution in [3.8, 4) is 0 Å². The molecular weight excluding hydrogens is 214 g/mol. The van der Waals surface area contributed by atoms with E-state index in [1.54, 1.807) is 6.08 Å². The molecule has 1 amide bonds. The molecule has 0 aliphatic rings. The van der Waals surface area contributed by atoms with Crippen molar-refractivity contribution in [1.82, 2.24) is 10.6 Å². The Balaban J connectivity index is 2.47. The summed E-state index contributed by atoms with van der Waals surface area (Å²) in [6.45, 7) is 5.94. The lowest BCUT2D eigenvalue weighted by Gasteiger charge is -2.08. The minimum absolute atomic E-state index is 0.00323. The first-order chi connectivity index (χ1) is 8.13. The number of rotatable bonds is 4. The van der Waals surface area contributed by atoms with Gasteiger partial charge in [-0.1, -0.05) is 30.3 Å². The quantitative estimate of drug-likeness (QED) is 0.416. The second-order valence-electron chi connectivity index (χ2n) is 3.70. The Morgan fingerprint density at radius 3 is 2.82 bits per heavy atom. The molecule has 1 rings (SSSR count). The van der Waals surface area contributed by atoms with Gasteiger partial charge in [0.15, 0.2) is 5.96 Å². The molecule has 1 aromatic rings. The lowest BCUT2D eigenvalue weighted by Crippen LogP contribution is -2.40. The molecule has 0 heterocycles. The highest BCUT2D eigenvalue weighted by atomic mass is 16.1. The molecule has 90 valence electrons. The molecule has 4 heteroatoms. The Morgan fingerprint density at radius 1 is 1.47 bits per heavy atom. The molecule has 0 unspecified atom stereocenters. The average Bonchev–Trinajstić information content (AvgIpc) is 2.29. The Labute approximate surface area is 101 Å². The molecule has 0 fully saturated rings. The van der Waals surface area contributed by atoms with Crippen LogP contribution in [0.5, 0.6) is 0 Å². The van der Waals surface area contributed by atoms with Gasteiger partial charge in [-0.2, -0.15) is 0 Å². The highest BCUT2D eigenvalue weighted by Crippen LogP contribution is 2.07. The van der Waals surface area contributed by atoms with E-state index in [4.69, 9.17) is 5.41 Å². The van der Waals surface area contributed by atoms with Crippen LogP contribution < -0.4 is 10.6 Å². The van der Waals surface area contributed by atoms with Crippen molar-refractivity contribution in [3.63, 3.8) is 0 Å². The van der Waals surface area contributed by atoms with E-state index in [0.717, 1.165) is 11.1 Å². The molecule has 0 spiro atoms. The van der Waals surface area contributed by atoms with E-state index >= 15 is 0 Å². The summed E-state index contributed by atoms with van der Waals surface area (Å²) in [5, 5.41) is 12.6. The number of aryl methyl sites for hydroxylation is 1. The summed E-state index contributed by atoms with van der Waals surface area (Å²) in [7, 11) is 0. The number of hydrogen-bond donors (Lipinski definition) is 3. The van der Waals surface area contributed by atoms with Crippen LogP contribution in [0.1, 0.15) is 11.1 Å². The molecule has 1 aromatic carbocycles. The van der Waals surface area contributed by atoms with E-state index in [0.29, 0.717) is 6.54 Å². The predicted molar refractivity (Wildman–Crippen MR) is 69.0 cm³/mol. The Hall–Kier alpha value is -2.10. The number of hydrogen-bond acceptors (Lipinski definition) is 2. The molecule has 4 nitrogen and oxygen atoms in total. The van der Waals surface area contributed by atoms with Gasteiger partial charge in [-0.05, 0) is 18.1 Å². The molecule has 0 saturated heterocycles. The second-order valence-corrected chi connectivity index (χ2v) is 3.70. The van der Waals surface area contributed by atoms with Crippen LogP contribution in [0, 0.1) is 12.3 Å². The van der Waals surface area contributed by atoms with Gasteiger partial charge in [0.05, 0.1) is 6.42 Å². The standard InChI is InChI=1S/C13H17N3O/c1-3-8-15-13(14)16-12(17)9-11-7-5-4-6-10(11)2/h3-7H,1,8-9H2,2H3,(H3,14,15,16,17). The molecule has 0 atom stereocenters. The third-order valence-corrected chi connectivity index (χ3v) is 2.30. The first-order valence-electron chi connectivity index (χ1n) is 5.41. The summed E-state index contributed by atoms with van der Waals surface area (Å²) in [4.78, 5) is 11.6. The maximum absolute atomic E-state index is 11.6. The first kappa shape index (κ1) is 13.0. The van der Waals surface area contributed by atoms with Gasteiger partial charge < -0.3 is 5.32 Å². The van der Waals surface area contributed by atoms with Gasteiger partial charge in [0.25, 0.3) is 0 Å². The van der Waals surface area contributed by atoms with Crippen molar-refractivity contribution in [2.24, 2.45) is 0 Å². The maximum atomic E-state index is 11.6. The van der Waals surface area contributed by atoms with Gasteiger partial charge in [-0.3, -0.25) is 15.5 Å². The number of amides is 1. The summed E-state index contributed by atoms with van der Waals surface area (Å²) in [5.41, 5.74) is 2.05. The fourth-order valence-electron chi connectivity index (χ4n) is 1.38. The molecule has 0 aromatic heterocycles. The highest BCUT2D eigenvalue weighted by Gasteiger charge is 2.06. The molecule has 0 saturated carbocycles.